The number of urea groups is 1. The van der Waals surface area contributed by atoms with E-state index < -0.39 is 0 Å². The Hall–Kier alpha value is -2.15. The van der Waals surface area contributed by atoms with Crippen LogP contribution in [0.4, 0.5) is 10.6 Å². The topological polar surface area (TPSA) is 77.6 Å². The lowest BCUT2D eigenvalue weighted by Crippen LogP contribution is -2.49. The number of nitrogens with one attached hydrogen (secondary N) is 2. The van der Waals surface area contributed by atoms with E-state index in [1.807, 2.05) is 17.9 Å². The Morgan fingerprint density at radius 3 is 2.75 bits per heavy atom. The summed E-state index contributed by atoms with van der Waals surface area (Å²) in [6.45, 7) is 7.51. The SMILES string of the molecule is CCNC(=O)N1CCC(CN2CCC3(CC2)CC(=O)Nc2ncccc23)CC1. The normalized spacial score (nSPS) is 22.6. The lowest BCUT2D eigenvalue weighted by Gasteiger charge is -2.45. The zero-order valence-corrected chi connectivity index (χ0v) is 16.7. The highest BCUT2D eigenvalue weighted by molar-refractivity contribution is 5.94. The summed E-state index contributed by atoms with van der Waals surface area (Å²) in [5.74, 6) is 1.51. The number of piperidine rings is 2. The first-order chi connectivity index (χ1) is 13.6. The average Bonchev–Trinajstić information content (AvgIpc) is 2.70. The summed E-state index contributed by atoms with van der Waals surface area (Å²) in [6.07, 6.45) is 6.50. The third-order valence-electron chi connectivity index (χ3n) is 6.70. The number of nitrogens with zero attached hydrogens (tertiary/aromatic N) is 3. The molecule has 0 saturated carbocycles. The van der Waals surface area contributed by atoms with Gasteiger partial charge in [-0.15, -0.1) is 0 Å². The van der Waals surface area contributed by atoms with Crippen molar-refractivity contribution in [2.45, 2.75) is 44.4 Å². The molecule has 152 valence electrons. The number of carbonyl (C=O) groups excluding carboxylic acids is 2. The van der Waals surface area contributed by atoms with Gasteiger partial charge in [0.2, 0.25) is 5.91 Å². The molecule has 1 aromatic rings. The molecule has 4 rings (SSSR count). The molecule has 4 heterocycles. The van der Waals surface area contributed by atoms with Crippen LogP contribution in [0.5, 0.6) is 0 Å². The van der Waals surface area contributed by atoms with Crippen molar-refractivity contribution in [1.29, 1.82) is 0 Å². The molecular weight excluding hydrogens is 354 g/mol. The van der Waals surface area contributed by atoms with Gasteiger partial charge in [-0.1, -0.05) is 6.07 Å². The molecule has 2 fully saturated rings. The summed E-state index contributed by atoms with van der Waals surface area (Å²) in [6, 6.07) is 4.19. The largest absolute Gasteiger partial charge is 0.338 e. The van der Waals surface area contributed by atoms with Crippen LogP contribution in [0.3, 0.4) is 0 Å². The van der Waals surface area contributed by atoms with Gasteiger partial charge < -0.3 is 20.4 Å². The van der Waals surface area contributed by atoms with Gasteiger partial charge >= 0.3 is 6.03 Å². The molecule has 0 radical (unpaired) electrons. The Labute approximate surface area is 166 Å². The van der Waals surface area contributed by atoms with Crippen molar-refractivity contribution < 1.29 is 9.59 Å². The van der Waals surface area contributed by atoms with Crippen LogP contribution in [0, 0.1) is 5.92 Å². The molecule has 0 aliphatic carbocycles. The average molecular weight is 386 g/mol. The van der Waals surface area contributed by atoms with Gasteiger partial charge in [-0.05, 0) is 57.7 Å². The number of rotatable bonds is 3. The number of pyridine rings is 1. The van der Waals surface area contributed by atoms with Crippen LogP contribution in [0.2, 0.25) is 0 Å². The zero-order valence-electron chi connectivity index (χ0n) is 16.7. The molecule has 0 atom stereocenters. The van der Waals surface area contributed by atoms with Crippen LogP contribution >= 0.6 is 0 Å². The molecule has 28 heavy (non-hydrogen) atoms. The highest BCUT2D eigenvalue weighted by Crippen LogP contribution is 2.44. The Morgan fingerprint density at radius 2 is 2.04 bits per heavy atom. The molecule has 0 bridgehead atoms. The molecule has 3 aliphatic heterocycles. The fourth-order valence-corrected chi connectivity index (χ4v) is 5.07. The second kappa shape index (κ2) is 8.07. The molecule has 1 spiro atoms. The zero-order chi connectivity index (χ0) is 19.6. The highest BCUT2D eigenvalue weighted by atomic mass is 16.2. The smallest absolute Gasteiger partial charge is 0.317 e. The molecule has 2 saturated heterocycles. The van der Waals surface area contributed by atoms with E-state index in [2.05, 4.69) is 26.6 Å². The first-order valence-electron chi connectivity index (χ1n) is 10.6. The first kappa shape index (κ1) is 19.2. The molecule has 0 aromatic carbocycles. The highest BCUT2D eigenvalue weighted by Gasteiger charge is 2.43. The molecule has 2 N–H and O–H groups in total. The lowest BCUT2D eigenvalue weighted by molar-refractivity contribution is -0.118. The van der Waals surface area contributed by atoms with E-state index >= 15 is 0 Å². The summed E-state index contributed by atoms with van der Waals surface area (Å²) < 4.78 is 0. The summed E-state index contributed by atoms with van der Waals surface area (Å²) in [4.78, 5) is 33.1. The third-order valence-corrected chi connectivity index (χ3v) is 6.70. The van der Waals surface area contributed by atoms with Crippen molar-refractivity contribution in [3.63, 3.8) is 0 Å². The minimum absolute atomic E-state index is 0.0516. The van der Waals surface area contributed by atoms with Crippen LogP contribution < -0.4 is 10.6 Å². The molecule has 7 heteroatoms. The lowest BCUT2D eigenvalue weighted by atomic mass is 9.69. The molecule has 7 nitrogen and oxygen atoms in total. The number of anilines is 1. The summed E-state index contributed by atoms with van der Waals surface area (Å²) >= 11 is 0. The van der Waals surface area contributed by atoms with Gasteiger partial charge in [-0.25, -0.2) is 9.78 Å². The fraction of sp³-hybridized carbons (Fsp3) is 0.667. The van der Waals surface area contributed by atoms with E-state index in [9.17, 15) is 9.59 Å². The van der Waals surface area contributed by atoms with Crippen molar-refractivity contribution in [1.82, 2.24) is 20.1 Å². The number of carbonyl (C=O) groups is 2. The van der Waals surface area contributed by atoms with Gasteiger partial charge in [0.25, 0.3) is 0 Å². The first-order valence-corrected chi connectivity index (χ1v) is 10.6. The van der Waals surface area contributed by atoms with Gasteiger partial charge in [0.05, 0.1) is 0 Å². The standard InChI is InChI=1S/C21H31N5O2/c1-2-22-20(28)26-10-5-16(6-11-26)15-25-12-7-21(8-13-25)14-18(27)24-19-17(21)4-3-9-23-19/h3-4,9,16H,2,5-8,10-15H2,1H3,(H,22,28)(H,23,24,27). The number of amides is 3. The fourth-order valence-electron chi connectivity index (χ4n) is 5.07. The van der Waals surface area contributed by atoms with E-state index in [0.29, 0.717) is 18.9 Å². The number of fused-ring (bicyclic) bond motifs is 2. The van der Waals surface area contributed by atoms with Crippen molar-refractivity contribution in [2.75, 3.05) is 44.6 Å². The Morgan fingerprint density at radius 1 is 1.29 bits per heavy atom. The van der Waals surface area contributed by atoms with Crippen molar-refractivity contribution in [2.24, 2.45) is 5.92 Å². The minimum atomic E-state index is -0.0516. The number of hydrogen-bond donors (Lipinski definition) is 2. The van der Waals surface area contributed by atoms with Crippen molar-refractivity contribution in [3.8, 4) is 0 Å². The molecule has 3 amide bonds. The molecule has 1 aromatic heterocycles. The van der Waals surface area contributed by atoms with Gasteiger partial charge in [0.15, 0.2) is 0 Å². The second-order valence-corrected chi connectivity index (χ2v) is 8.47. The maximum atomic E-state index is 12.2. The minimum Gasteiger partial charge on any atom is -0.338 e. The second-order valence-electron chi connectivity index (χ2n) is 8.47. The quantitative estimate of drug-likeness (QED) is 0.836. The number of hydrogen-bond acceptors (Lipinski definition) is 4. The van der Waals surface area contributed by atoms with Gasteiger partial charge in [0, 0.05) is 49.8 Å². The van der Waals surface area contributed by atoms with Gasteiger partial charge in [0.1, 0.15) is 5.82 Å². The predicted molar refractivity (Wildman–Crippen MR) is 108 cm³/mol. The summed E-state index contributed by atoms with van der Waals surface area (Å²) in [5.41, 5.74) is 1.16. The monoisotopic (exact) mass is 385 g/mol. The maximum Gasteiger partial charge on any atom is 0.317 e. The molecule has 3 aliphatic rings. The van der Waals surface area contributed by atoms with Crippen molar-refractivity contribution in [3.05, 3.63) is 23.9 Å². The van der Waals surface area contributed by atoms with E-state index in [4.69, 9.17) is 0 Å². The summed E-state index contributed by atoms with van der Waals surface area (Å²) in [7, 11) is 0. The van der Waals surface area contributed by atoms with Crippen LogP contribution in [-0.2, 0) is 10.2 Å². The van der Waals surface area contributed by atoms with Crippen LogP contribution in [0.25, 0.3) is 0 Å². The van der Waals surface area contributed by atoms with Crippen LogP contribution in [0.1, 0.15) is 44.6 Å². The van der Waals surface area contributed by atoms with Crippen LogP contribution in [0.15, 0.2) is 18.3 Å². The Bertz CT molecular complexity index is 721. The van der Waals surface area contributed by atoms with E-state index in [0.717, 1.165) is 64.2 Å². The number of aromatic nitrogens is 1. The third kappa shape index (κ3) is 3.85. The van der Waals surface area contributed by atoms with Gasteiger partial charge in [-0.3, -0.25) is 4.79 Å². The molecule has 0 unspecified atom stereocenters. The van der Waals surface area contributed by atoms with Crippen LogP contribution in [-0.4, -0.2) is 66.0 Å². The number of likely N-dealkylation sites (tertiary alicyclic amines) is 2. The van der Waals surface area contributed by atoms with E-state index in [1.165, 1.54) is 5.56 Å². The van der Waals surface area contributed by atoms with Crippen molar-refractivity contribution >= 4 is 17.8 Å². The Balaban J connectivity index is 1.31. The summed E-state index contributed by atoms with van der Waals surface area (Å²) in [5, 5.41) is 5.82. The Kier molecular flexibility index (Phi) is 5.53. The van der Waals surface area contributed by atoms with Gasteiger partial charge in [-0.2, -0.15) is 0 Å². The van der Waals surface area contributed by atoms with E-state index in [-0.39, 0.29) is 17.4 Å². The molecular formula is C21H31N5O2. The maximum absolute atomic E-state index is 12.2. The van der Waals surface area contributed by atoms with E-state index in [1.54, 1.807) is 6.20 Å². The predicted octanol–water partition coefficient (Wildman–Crippen LogP) is 2.20.